The van der Waals surface area contributed by atoms with Crippen LogP contribution in [0.3, 0.4) is 0 Å². The third-order valence-corrected chi connectivity index (χ3v) is 6.42. The number of hydrogen-bond acceptors (Lipinski definition) is 9. The Morgan fingerprint density at radius 2 is 1.45 bits per heavy atom. The van der Waals surface area contributed by atoms with E-state index in [1.165, 1.54) is 59.8 Å². The van der Waals surface area contributed by atoms with Gasteiger partial charge in [-0.3, -0.25) is 4.79 Å². The molecular weight excluding hydrogens is 515 g/mol. The van der Waals surface area contributed by atoms with Gasteiger partial charge in [0.1, 0.15) is 11.5 Å². The molecule has 0 spiro atoms. The van der Waals surface area contributed by atoms with E-state index in [1.807, 2.05) is 5.09 Å². The molecule has 0 saturated carbocycles. The Labute approximate surface area is 218 Å². The van der Waals surface area contributed by atoms with Gasteiger partial charge in [-0.1, -0.05) is 12.1 Å². The maximum absolute atomic E-state index is 14.0. The zero-order valence-electron chi connectivity index (χ0n) is 21.2. The highest BCUT2D eigenvalue weighted by Gasteiger charge is 2.26. The molecule has 0 unspecified atom stereocenters. The van der Waals surface area contributed by atoms with Crippen LogP contribution in [-0.2, 0) is 4.57 Å². The molecule has 12 heteroatoms. The van der Waals surface area contributed by atoms with Crippen molar-refractivity contribution in [2.24, 2.45) is 0 Å². The van der Waals surface area contributed by atoms with E-state index in [4.69, 9.17) is 23.7 Å². The number of hydrogen-bond donors (Lipinski definition) is 2. The van der Waals surface area contributed by atoms with Crippen LogP contribution in [0.4, 0.5) is 5.69 Å². The summed E-state index contributed by atoms with van der Waals surface area (Å²) in [6.07, 6.45) is 0. The van der Waals surface area contributed by atoms with Crippen LogP contribution in [0, 0.1) is 0 Å². The lowest BCUT2D eigenvalue weighted by Gasteiger charge is -2.31. The van der Waals surface area contributed by atoms with E-state index in [9.17, 15) is 19.1 Å². The molecule has 0 aliphatic rings. The van der Waals surface area contributed by atoms with Gasteiger partial charge < -0.3 is 48.1 Å². The monoisotopic (exact) mass is 540 g/mol. The summed E-state index contributed by atoms with van der Waals surface area (Å²) in [6, 6.07) is 12.9. The Balaban J connectivity index is 2.00. The molecule has 1 aromatic heterocycles. The molecule has 0 saturated heterocycles. The number of carbonyl (C=O) groups excluding carboxylic acids is 1. The van der Waals surface area contributed by atoms with Gasteiger partial charge >= 0.3 is 0 Å². The highest BCUT2D eigenvalue weighted by molar-refractivity contribution is 7.50. The van der Waals surface area contributed by atoms with Crippen molar-refractivity contribution in [1.29, 1.82) is 0 Å². The molecule has 0 bridgehead atoms. The first kappa shape index (κ1) is 26.9. The second-order valence-electron chi connectivity index (χ2n) is 8.03. The van der Waals surface area contributed by atoms with Crippen molar-refractivity contribution < 1.29 is 42.8 Å². The van der Waals surface area contributed by atoms with Gasteiger partial charge in [-0.2, -0.15) is 0 Å². The average molecular weight is 540 g/mol. The maximum Gasteiger partial charge on any atom is 0.210 e. The van der Waals surface area contributed by atoms with Gasteiger partial charge in [0.15, 0.2) is 11.5 Å². The molecule has 4 rings (SSSR count). The van der Waals surface area contributed by atoms with E-state index in [2.05, 4.69) is 4.98 Å². The third-order valence-electron chi connectivity index (χ3n) is 5.91. The second-order valence-corrected chi connectivity index (χ2v) is 9.24. The molecule has 38 heavy (non-hydrogen) atoms. The van der Waals surface area contributed by atoms with Crippen LogP contribution in [0.5, 0.6) is 28.7 Å². The molecule has 0 atom stereocenters. The molecule has 4 aromatic rings. The van der Waals surface area contributed by atoms with Crippen LogP contribution < -0.4 is 38.6 Å². The standard InChI is InChI=1S/C26H27N2O9P/c1-33-18-10-9-14(11-17(18)28-38(30,31)32)22-23-16(7-6-8-19(23)34-2)27-24(22)25(29)15-12-20(35-3)26(37-5)21(13-15)36-4/h6-13,27H,1-5H3,(H3,28,30,31,32)/p-2. The van der Waals surface area contributed by atoms with Crippen LogP contribution in [0.25, 0.3) is 22.0 Å². The Bertz CT molecular complexity index is 1530. The van der Waals surface area contributed by atoms with Crippen LogP contribution in [0.15, 0.2) is 48.5 Å². The van der Waals surface area contributed by atoms with Crippen LogP contribution >= 0.6 is 7.75 Å². The largest absolute Gasteiger partial charge is 0.795 e. The Morgan fingerprint density at radius 1 is 0.816 bits per heavy atom. The molecule has 0 fully saturated rings. The van der Waals surface area contributed by atoms with E-state index in [1.54, 1.807) is 24.3 Å². The fourth-order valence-electron chi connectivity index (χ4n) is 4.30. The van der Waals surface area contributed by atoms with Crippen LogP contribution in [0.1, 0.15) is 16.1 Å². The number of aromatic nitrogens is 1. The number of benzene rings is 3. The molecule has 2 N–H and O–H groups in total. The number of carbonyl (C=O) groups is 1. The summed E-state index contributed by atoms with van der Waals surface area (Å²) < 4.78 is 38.5. The van der Waals surface area contributed by atoms with Gasteiger partial charge in [-0.15, -0.1) is 0 Å². The number of ether oxygens (including phenoxy) is 5. The first-order valence-electron chi connectivity index (χ1n) is 11.2. The number of anilines is 1. The van der Waals surface area contributed by atoms with E-state index in [0.717, 1.165) is 0 Å². The molecule has 200 valence electrons. The maximum atomic E-state index is 14.0. The molecule has 0 aliphatic carbocycles. The third kappa shape index (κ3) is 4.99. The first-order valence-corrected chi connectivity index (χ1v) is 12.7. The van der Waals surface area contributed by atoms with Gasteiger partial charge in [-0.05, 0) is 42.0 Å². The van der Waals surface area contributed by atoms with Gasteiger partial charge in [0.25, 0.3) is 0 Å². The number of aromatic amines is 1. The fraction of sp³-hybridized carbons (Fsp3) is 0.192. The van der Waals surface area contributed by atoms with E-state index < -0.39 is 13.5 Å². The van der Waals surface area contributed by atoms with E-state index >= 15 is 0 Å². The molecule has 0 amide bonds. The SMILES string of the molecule is COc1ccc(-c2c(C(=O)c3cc(OC)c(OC)c(OC)c3)[nH]c3cccc(OC)c23)cc1NP(=O)([O-])[O-]. The fourth-order valence-corrected chi connectivity index (χ4v) is 4.77. The summed E-state index contributed by atoms with van der Waals surface area (Å²) in [6.45, 7) is 0. The molecule has 11 nitrogen and oxygen atoms in total. The minimum atomic E-state index is -5.16. The number of ketones is 1. The van der Waals surface area contributed by atoms with Gasteiger partial charge in [0.2, 0.25) is 11.5 Å². The predicted octanol–water partition coefficient (Wildman–Crippen LogP) is 3.35. The highest BCUT2D eigenvalue weighted by Crippen LogP contribution is 2.44. The minimum Gasteiger partial charge on any atom is -0.795 e. The Kier molecular flexibility index (Phi) is 7.54. The summed E-state index contributed by atoms with van der Waals surface area (Å²) in [4.78, 5) is 40.1. The van der Waals surface area contributed by atoms with E-state index in [-0.39, 0.29) is 22.7 Å². The smallest absolute Gasteiger partial charge is 0.210 e. The summed E-state index contributed by atoms with van der Waals surface area (Å²) in [5, 5.41) is 2.53. The van der Waals surface area contributed by atoms with Crippen molar-refractivity contribution in [3.8, 4) is 39.9 Å². The number of methoxy groups -OCH3 is 5. The molecule has 0 aliphatic heterocycles. The summed E-state index contributed by atoms with van der Waals surface area (Å²) in [7, 11) is 2.03. The van der Waals surface area contributed by atoms with Crippen molar-refractivity contribution in [2.75, 3.05) is 40.6 Å². The molecule has 1 heterocycles. The summed E-state index contributed by atoms with van der Waals surface area (Å²) in [5.41, 5.74) is 1.79. The number of fused-ring (bicyclic) bond motifs is 1. The minimum absolute atomic E-state index is 0.0752. The summed E-state index contributed by atoms with van der Waals surface area (Å²) in [5.74, 6) is 1.11. The van der Waals surface area contributed by atoms with Crippen LogP contribution in [-0.4, -0.2) is 46.3 Å². The van der Waals surface area contributed by atoms with Crippen molar-refractivity contribution in [3.63, 3.8) is 0 Å². The van der Waals surface area contributed by atoms with Crippen molar-refractivity contribution in [3.05, 3.63) is 59.8 Å². The second kappa shape index (κ2) is 10.7. The average Bonchev–Trinajstić information content (AvgIpc) is 3.30. The Morgan fingerprint density at radius 3 is 2.00 bits per heavy atom. The normalized spacial score (nSPS) is 11.2. The lowest BCUT2D eigenvalue weighted by atomic mass is 9.96. The lowest BCUT2D eigenvalue weighted by Crippen LogP contribution is -2.20. The zero-order chi connectivity index (χ0) is 27.6. The quantitative estimate of drug-likeness (QED) is 0.226. The zero-order valence-corrected chi connectivity index (χ0v) is 22.1. The van der Waals surface area contributed by atoms with Crippen molar-refractivity contribution >= 4 is 30.1 Å². The van der Waals surface area contributed by atoms with Crippen molar-refractivity contribution in [1.82, 2.24) is 4.98 Å². The number of rotatable bonds is 10. The van der Waals surface area contributed by atoms with Crippen molar-refractivity contribution in [2.45, 2.75) is 0 Å². The van der Waals surface area contributed by atoms with Gasteiger partial charge in [-0.25, -0.2) is 0 Å². The topological polar surface area (TPSA) is 154 Å². The molecular formula is C26H25N2O9P-2. The van der Waals surface area contributed by atoms with Crippen LogP contribution in [0.2, 0.25) is 0 Å². The predicted molar refractivity (Wildman–Crippen MR) is 138 cm³/mol. The first-order chi connectivity index (χ1) is 18.1. The Hall–Kier alpha value is -4.18. The molecule has 3 aromatic carbocycles. The summed E-state index contributed by atoms with van der Waals surface area (Å²) >= 11 is 0. The van der Waals surface area contributed by atoms with E-state index in [0.29, 0.717) is 45.0 Å². The molecule has 0 radical (unpaired) electrons. The van der Waals surface area contributed by atoms with Gasteiger partial charge in [0.05, 0.1) is 57.8 Å². The lowest BCUT2D eigenvalue weighted by molar-refractivity contribution is -0.311. The number of nitrogens with one attached hydrogen (secondary N) is 2. The van der Waals surface area contributed by atoms with Gasteiger partial charge in [0, 0.05) is 18.9 Å². The number of H-pyrrole nitrogens is 1. The highest BCUT2D eigenvalue weighted by atomic mass is 31.2.